The molecule has 3 atom stereocenters. The van der Waals surface area contributed by atoms with Gasteiger partial charge >= 0.3 is 5.69 Å². The first-order chi connectivity index (χ1) is 11.1. The molecule has 0 saturated heterocycles. The van der Waals surface area contributed by atoms with E-state index in [4.69, 9.17) is 4.74 Å². The van der Waals surface area contributed by atoms with Crippen molar-refractivity contribution in [3.63, 3.8) is 0 Å². The summed E-state index contributed by atoms with van der Waals surface area (Å²) >= 11 is 0. The number of aromatic nitrogens is 2. The minimum atomic E-state index is -0.607. The van der Waals surface area contributed by atoms with E-state index in [1.165, 1.54) is 16.8 Å². The number of aliphatic hydroxyl groups is 1. The molecule has 122 valence electrons. The van der Waals surface area contributed by atoms with Crippen LogP contribution in [0.25, 0.3) is 0 Å². The van der Waals surface area contributed by atoms with Crippen molar-refractivity contribution in [2.75, 3.05) is 6.61 Å². The van der Waals surface area contributed by atoms with Crippen LogP contribution in [-0.2, 0) is 11.3 Å². The highest BCUT2D eigenvalue weighted by Crippen LogP contribution is 2.34. The molecular weight excluding hydrogens is 296 g/mol. The summed E-state index contributed by atoms with van der Waals surface area (Å²) in [5, 5.41) is 10.2. The topological polar surface area (TPSA) is 84.3 Å². The van der Waals surface area contributed by atoms with Gasteiger partial charge in [0.25, 0.3) is 5.56 Å². The lowest BCUT2D eigenvalue weighted by molar-refractivity contribution is 0.0818. The molecule has 6 heteroatoms. The number of aliphatic hydroxyl groups excluding tert-OH is 1. The largest absolute Gasteiger partial charge is 0.391 e. The van der Waals surface area contributed by atoms with Crippen LogP contribution >= 0.6 is 0 Å². The van der Waals surface area contributed by atoms with E-state index >= 15 is 0 Å². The standard InChI is InChI=1S/C17H20N2O4/c20-15-9-13(11-23-10-12-4-2-1-3-5-12)8-14(15)19-7-6-16(21)18-17(19)22/h1-7,13-15,20H,8-11H2,(H,18,21,22)/t13-,14+,15-/m0/s1. The summed E-state index contributed by atoms with van der Waals surface area (Å²) in [6, 6.07) is 10.9. The minimum absolute atomic E-state index is 0.192. The predicted molar refractivity (Wildman–Crippen MR) is 85.2 cm³/mol. The first kappa shape index (κ1) is 15.7. The number of ether oxygens (including phenoxy) is 1. The molecule has 3 rings (SSSR count). The van der Waals surface area contributed by atoms with E-state index in [0.29, 0.717) is 26.1 Å². The molecule has 0 radical (unpaired) electrons. The van der Waals surface area contributed by atoms with Crippen LogP contribution in [0, 0.1) is 5.92 Å². The van der Waals surface area contributed by atoms with Crippen LogP contribution in [0.5, 0.6) is 0 Å². The lowest BCUT2D eigenvalue weighted by Crippen LogP contribution is -2.34. The number of nitrogens with zero attached hydrogens (tertiary/aromatic N) is 1. The Labute approximate surface area is 133 Å². The first-order valence-electron chi connectivity index (χ1n) is 7.74. The average Bonchev–Trinajstić information content (AvgIpc) is 2.89. The minimum Gasteiger partial charge on any atom is -0.391 e. The van der Waals surface area contributed by atoms with Crippen LogP contribution in [0.3, 0.4) is 0 Å². The summed E-state index contributed by atoms with van der Waals surface area (Å²) in [4.78, 5) is 25.2. The van der Waals surface area contributed by atoms with Gasteiger partial charge in [0.2, 0.25) is 0 Å². The number of rotatable bonds is 5. The monoisotopic (exact) mass is 316 g/mol. The molecule has 0 amide bonds. The van der Waals surface area contributed by atoms with Crippen LogP contribution in [0.4, 0.5) is 0 Å². The van der Waals surface area contributed by atoms with Gasteiger partial charge in [0.15, 0.2) is 0 Å². The van der Waals surface area contributed by atoms with Crippen molar-refractivity contribution in [3.8, 4) is 0 Å². The highest BCUT2D eigenvalue weighted by molar-refractivity contribution is 5.13. The van der Waals surface area contributed by atoms with Gasteiger partial charge in [-0.15, -0.1) is 0 Å². The highest BCUT2D eigenvalue weighted by Gasteiger charge is 2.34. The van der Waals surface area contributed by atoms with Crippen molar-refractivity contribution in [3.05, 3.63) is 69.0 Å². The summed E-state index contributed by atoms with van der Waals surface area (Å²) in [5.74, 6) is 0.192. The van der Waals surface area contributed by atoms with Gasteiger partial charge in [0, 0.05) is 12.3 Å². The van der Waals surface area contributed by atoms with Crippen molar-refractivity contribution in [2.45, 2.75) is 31.6 Å². The Balaban J connectivity index is 1.58. The second-order valence-corrected chi connectivity index (χ2v) is 5.99. The molecule has 0 aliphatic heterocycles. The molecule has 2 N–H and O–H groups in total. The molecule has 23 heavy (non-hydrogen) atoms. The van der Waals surface area contributed by atoms with Gasteiger partial charge < -0.3 is 9.84 Å². The SMILES string of the molecule is O=c1ccn([C@@H]2C[C@H](COCc3ccccc3)C[C@@H]2O)c(=O)[nH]1. The lowest BCUT2D eigenvalue weighted by atomic mass is 10.1. The van der Waals surface area contributed by atoms with Crippen molar-refractivity contribution >= 4 is 0 Å². The van der Waals surface area contributed by atoms with Gasteiger partial charge in [0.05, 0.1) is 25.4 Å². The van der Waals surface area contributed by atoms with Gasteiger partial charge in [0.1, 0.15) is 0 Å². The van der Waals surface area contributed by atoms with E-state index in [-0.39, 0.29) is 12.0 Å². The van der Waals surface area contributed by atoms with Crippen LogP contribution in [0.2, 0.25) is 0 Å². The molecule has 0 bridgehead atoms. The van der Waals surface area contributed by atoms with E-state index in [1.54, 1.807) is 0 Å². The third kappa shape index (κ3) is 3.78. The first-order valence-corrected chi connectivity index (χ1v) is 7.74. The molecule has 6 nitrogen and oxygen atoms in total. The van der Waals surface area contributed by atoms with E-state index in [1.807, 2.05) is 30.3 Å². The molecule has 2 aromatic rings. The average molecular weight is 316 g/mol. The van der Waals surface area contributed by atoms with Gasteiger partial charge in [-0.3, -0.25) is 14.3 Å². The number of hydrogen-bond donors (Lipinski definition) is 2. The molecular formula is C17H20N2O4. The lowest BCUT2D eigenvalue weighted by Gasteiger charge is -2.16. The maximum atomic E-state index is 11.8. The third-order valence-electron chi connectivity index (χ3n) is 4.27. The molecule has 1 aromatic carbocycles. The fourth-order valence-electron chi connectivity index (χ4n) is 3.13. The van der Waals surface area contributed by atoms with Crippen molar-refractivity contribution in [1.82, 2.24) is 9.55 Å². The molecule has 1 saturated carbocycles. The second-order valence-electron chi connectivity index (χ2n) is 5.99. The molecule has 1 heterocycles. The summed E-state index contributed by atoms with van der Waals surface area (Å²) < 4.78 is 7.14. The summed E-state index contributed by atoms with van der Waals surface area (Å²) in [6.45, 7) is 1.08. The maximum absolute atomic E-state index is 11.8. The van der Waals surface area contributed by atoms with Crippen molar-refractivity contribution in [2.24, 2.45) is 5.92 Å². The third-order valence-corrected chi connectivity index (χ3v) is 4.27. The maximum Gasteiger partial charge on any atom is 0.328 e. The Morgan fingerprint density at radius 1 is 1.17 bits per heavy atom. The molecule has 0 spiro atoms. The molecule has 1 aromatic heterocycles. The van der Waals surface area contributed by atoms with Crippen LogP contribution in [0.15, 0.2) is 52.2 Å². The van der Waals surface area contributed by atoms with Gasteiger partial charge in [-0.25, -0.2) is 4.79 Å². The van der Waals surface area contributed by atoms with E-state index in [9.17, 15) is 14.7 Å². The fourth-order valence-corrected chi connectivity index (χ4v) is 3.13. The smallest absolute Gasteiger partial charge is 0.328 e. The molecule has 1 fully saturated rings. The Kier molecular flexibility index (Phi) is 4.73. The van der Waals surface area contributed by atoms with Gasteiger partial charge in [-0.05, 0) is 24.3 Å². The molecule has 0 unspecified atom stereocenters. The number of benzene rings is 1. The predicted octanol–water partition coefficient (Wildman–Crippen LogP) is 1.07. The highest BCUT2D eigenvalue weighted by atomic mass is 16.5. The number of hydrogen-bond acceptors (Lipinski definition) is 4. The van der Waals surface area contributed by atoms with Gasteiger partial charge in [-0.1, -0.05) is 30.3 Å². The Hall–Kier alpha value is -2.18. The molecule has 1 aliphatic carbocycles. The van der Waals surface area contributed by atoms with Crippen LogP contribution < -0.4 is 11.2 Å². The summed E-state index contributed by atoms with van der Waals surface area (Å²) in [5.41, 5.74) is 0.202. The Morgan fingerprint density at radius 2 is 1.96 bits per heavy atom. The normalized spacial score (nSPS) is 24.0. The number of aromatic amines is 1. The van der Waals surface area contributed by atoms with Gasteiger partial charge in [-0.2, -0.15) is 0 Å². The zero-order valence-corrected chi connectivity index (χ0v) is 12.7. The van der Waals surface area contributed by atoms with Crippen molar-refractivity contribution in [1.29, 1.82) is 0 Å². The second kappa shape index (κ2) is 6.93. The van der Waals surface area contributed by atoms with E-state index in [2.05, 4.69) is 4.98 Å². The Morgan fingerprint density at radius 3 is 2.70 bits per heavy atom. The zero-order valence-electron chi connectivity index (χ0n) is 12.7. The van der Waals surface area contributed by atoms with E-state index < -0.39 is 17.4 Å². The van der Waals surface area contributed by atoms with Crippen LogP contribution in [-0.4, -0.2) is 27.4 Å². The summed E-state index contributed by atoms with van der Waals surface area (Å²) in [6.07, 6.45) is 2.08. The Bertz CT molecular complexity index is 753. The zero-order chi connectivity index (χ0) is 16.2. The fraction of sp³-hybridized carbons (Fsp3) is 0.412. The van der Waals surface area contributed by atoms with Crippen LogP contribution in [0.1, 0.15) is 24.4 Å². The number of H-pyrrole nitrogens is 1. The van der Waals surface area contributed by atoms with E-state index in [0.717, 1.165) is 5.56 Å². The van der Waals surface area contributed by atoms with Crippen molar-refractivity contribution < 1.29 is 9.84 Å². The molecule has 1 aliphatic rings. The quantitative estimate of drug-likeness (QED) is 0.864. The number of nitrogens with one attached hydrogen (secondary N) is 1. The summed E-state index contributed by atoms with van der Waals surface area (Å²) in [7, 11) is 0.